The van der Waals surface area contributed by atoms with Crippen molar-refractivity contribution in [2.45, 2.75) is 100 Å². The largest absolute Gasteiger partial charge is 0.365 e. The highest BCUT2D eigenvalue weighted by Crippen LogP contribution is 2.34. The van der Waals surface area contributed by atoms with Crippen molar-refractivity contribution in [3.8, 4) is 0 Å². The molecule has 0 unspecified atom stereocenters. The molecule has 3 aromatic rings. The molecule has 0 atom stereocenters. The summed E-state index contributed by atoms with van der Waals surface area (Å²) in [6, 6.07) is 8.21. The van der Waals surface area contributed by atoms with E-state index in [2.05, 4.69) is 15.2 Å². The van der Waals surface area contributed by atoms with E-state index in [1.54, 1.807) is 16.4 Å². The van der Waals surface area contributed by atoms with Gasteiger partial charge in [0.15, 0.2) is 17.0 Å². The van der Waals surface area contributed by atoms with E-state index in [0.29, 0.717) is 48.9 Å². The summed E-state index contributed by atoms with van der Waals surface area (Å²) >= 11 is 0. The van der Waals surface area contributed by atoms with Gasteiger partial charge in [0.1, 0.15) is 0 Å². The van der Waals surface area contributed by atoms with Crippen LogP contribution in [0.1, 0.15) is 75.8 Å². The van der Waals surface area contributed by atoms with E-state index in [1.807, 2.05) is 25.4 Å². The van der Waals surface area contributed by atoms with Gasteiger partial charge < -0.3 is 20.9 Å². The van der Waals surface area contributed by atoms with E-state index in [0.717, 1.165) is 61.1 Å². The van der Waals surface area contributed by atoms with Crippen molar-refractivity contribution in [3.63, 3.8) is 0 Å². The topological polar surface area (TPSA) is 131 Å². The van der Waals surface area contributed by atoms with Gasteiger partial charge in [0.05, 0.1) is 11.2 Å². The third-order valence-corrected chi connectivity index (χ3v) is 10.6. The Morgan fingerprint density at radius 1 is 0.872 bits per heavy atom. The van der Waals surface area contributed by atoms with Crippen LogP contribution in [-0.4, -0.2) is 63.5 Å². The number of sulfonamides is 1. The number of fused-ring (bicyclic) bond motifs is 1. The minimum absolute atomic E-state index is 0.102. The van der Waals surface area contributed by atoms with Crippen molar-refractivity contribution in [3.05, 3.63) is 36.2 Å². The predicted molar refractivity (Wildman–Crippen MR) is 153 cm³/mol. The third kappa shape index (κ3) is 5.62. The number of imidazole rings is 1. The van der Waals surface area contributed by atoms with E-state index >= 15 is 0 Å². The number of hydrogen-bond donors (Lipinski definition) is 3. The van der Waals surface area contributed by atoms with Crippen LogP contribution in [0.4, 0.5) is 11.8 Å². The highest BCUT2D eigenvalue weighted by atomic mass is 32.2. The van der Waals surface area contributed by atoms with Gasteiger partial charge in [0.2, 0.25) is 16.0 Å². The maximum absolute atomic E-state index is 13.2. The Bertz CT molecular complexity index is 1380. The number of nitrogens with zero attached hydrogens (tertiary/aromatic N) is 5. The van der Waals surface area contributed by atoms with Crippen LogP contribution in [0.5, 0.6) is 0 Å². The molecule has 2 aromatic heterocycles. The van der Waals surface area contributed by atoms with E-state index in [1.165, 1.54) is 12.8 Å². The van der Waals surface area contributed by atoms with Gasteiger partial charge in [0, 0.05) is 37.3 Å². The first kappa shape index (κ1) is 26.5. The number of hydrogen-bond acceptors (Lipinski definition) is 8. The van der Waals surface area contributed by atoms with Gasteiger partial charge in [-0.1, -0.05) is 30.5 Å². The Hall–Kier alpha value is -2.76. The van der Waals surface area contributed by atoms with Gasteiger partial charge in [-0.2, -0.15) is 14.3 Å². The molecule has 0 spiro atoms. The summed E-state index contributed by atoms with van der Waals surface area (Å²) in [6.07, 6.45) is 12.1. The molecule has 11 heteroatoms. The van der Waals surface area contributed by atoms with Crippen molar-refractivity contribution in [2.75, 3.05) is 23.7 Å². The summed E-state index contributed by atoms with van der Waals surface area (Å²) in [4.78, 5) is 15.0. The van der Waals surface area contributed by atoms with E-state index in [-0.39, 0.29) is 12.1 Å². The number of aryl methyl sites for hydroxylation is 1. The van der Waals surface area contributed by atoms with Gasteiger partial charge in [-0.15, -0.1) is 0 Å². The summed E-state index contributed by atoms with van der Waals surface area (Å²) in [6.45, 7) is 2.89. The van der Waals surface area contributed by atoms with Crippen LogP contribution in [-0.2, 0) is 10.0 Å². The molecule has 4 N–H and O–H groups in total. The lowest BCUT2D eigenvalue weighted by Gasteiger charge is -2.32. The summed E-state index contributed by atoms with van der Waals surface area (Å²) in [5.41, 5.74) is 8.82. The van der Waals surface area contributed by atoms with Gasteiger partial charge in [0.25, 0.3) is 0 Å². The number of rotatable bonds is 7. The molecule has 0 amide bonds. The van der Waals surface area contributed by atoms with Gasteiger partial charge >= 0.3 is 0 Å². The number of benzene rings is 1. The van der Waals surface area contributed by atoms with Crippen LogP contribution >= 0.6 is 0 Å². The SMILES string of the molecule is Cc1ccc(S(=O)(=O)N2CCC(Nc3nc(NC4CCC(N)CC4)nc4c3ncn4C3CCCC3)CC2)cc1. The molecule has 1 saturated heterocycles. The summed E-state index contributed by atoms with van der Waals surface area (Å²) in [5, 5.41) is 7.20. The molecule has 0 radical (unpaired) electrons. The van der Waals surface area contributed by atoms with E-state index in [4.69, 9.17) is 20.7 Å². The molecular weight excluding hydrogens is 512 g/mol. The van der Waals surface area contributed by atoms with Crippen LogP contribution in [0, 0.1) is 6.92 Å². The number of anilines is 2. The van der Waals surface area contributed by atoms with Crippen molar-refractivity contribution in [2.24, 2.45) is 5.73 Å². The minimum atomic E-state index is -3.50. The molecule has 3 fully saturated rings. The Kier molecular flexibility index (Phi) is 7.47. The molecule has 3 aliphatic rings. The highest BCUT2D eigenvalue weighted by molar-refractivity contribution is 7.89. The molecule has 210 valence electrons. The quantitative estimate of drug-likeness (QED) is 0.398. The lowest BCUT2D eigenvalue weighted by Crippen LogP contribution is -2.42. The van der Waals surface area contributed by atoms with Crippen LogP contribution in [0.15, 0.2) is 35.5 Å². The Morgan fingerprint density at radius 3 is 2.23 bits per heavy atom. The maximum atomic E-state index is 13.2. The summed E-state index contributed by atoms with van der Waals surface area (Å²) in [5.74, 6) is 1.36. The van der Waals surface area contributed by atoms with Gasteiger partial charge in [-0.05, 0) is 70.4 Å². The molecule has 3 heterocycles. The molecule has 10 nitrogen and oxygen atoms in total. The molecule has 1 aliphatic heterocycles. The highest BCUT2D eigenvalue weighted by Gasteiger charge is 2.31. The van der Waals surface area contributed by atoms with Crippen LogP contribution in [0.2, 0.25) is 0 Å². The first-order valence-electron chi connectivity index (χ1n) is 14.5. The minimum Gasteiger partial charge on any atom is -0.365 e. The molecule has 39 heavy (non-hydrogen) atoms. The molecule has 2 aliphatic carbocycles. The molecular formula is C28H40N8O2S. The zero-order valence-corrected chi connectivity index (χ0v) is 23.5. The molecule has 2 saturated carbocycles. The Balaban J connectivity index is 1.20. The average Bonchev–Trinajstić information content (AvgIpc) is 3.61. The van der Waals surface area contributed by atoms with Crippen molar-refractivity contribution >= 4 is 33.0 Å². The first-order valence-corrected chi connectivity index (χ1v) is 15.9. The fourth-order valence-corrected chi connectivity index (χ4v) is 7.74. The second-order valence-corrected chi connectivity index (χ2v) is 13.5. The lowest BCUT2D eigenvalue weighted by molar-refractivity contribution is 0.329. The van der Waals surface area contributed by atoms with E-state index < -0.39 is 10.0 Å². The second kappa shape index (κ2) is 11.0. The van der Waals surface area contributed by atoms with Crippen LogP contribution in [0.3, 0.4) is 0 Å². The first-order chi connectivity index (χ1) is 18.9. The number of aromatic nitrogens is 4. The van der Waals surface area contributed by atoms with Crippen molar-refractivity contribution in [1.29, 1.82) is 0 Å². The smallest absolute Gasteiger partial charge is 0.243 e. The molecule has 1 aromatic carbocycles. The Morgan fingerprint density at radius 2 is 1.54 bits per heavy atom. The van der Waals surface area contributed by atoms with Gasteiger partial charge in [-0.25, -0.2) is 13.4 Å². The third-order valence-electron chi connectivity index (χ3n) is 8.70. The van der Waals surface area contributed by atoms with Gasteiger partial charge in [-0.3, -0.25) is 0 Å². The average molecular weight is 553 g/mol. The van der Waals surface area contributed by atoms with Crippen LogP contribution in [0.25, 0.3) is 11.2 Å². The predicted octanol–water partition coefficient (Wildman–Crippen LogP) is 4.20. The van der Waals surface area contributed by atoms with Crippen molar-refractivity contribution < 1.29 is 8.42 Å². The number of piperidine rings is 1. The number of nitrogens with two attached hydrogens (primary N) is 1. The monoisotopic (exact) mass is 552 g/mol. The number of nitrogens with one attached hydrogen (secondary N) is 2. The zero-order valence-electron chi connectivity index (χ0n) is 22.7. The van der Waals surface area contributed by atoms with Crippen molar-refractivity contribution in [1.82, 2.24) is 23.8 Å². The van der Waals surface area contributed by atoms with Crippen LogP contribution < -0.4 is 16.4 Å². The standard InChI is InChI=1S/C28H40N8O2S/c1-19-6-12-24(13-7-19)39(37,38)35-16-14-22(15-17-35)31-26-25-27(36(18-30-25)23-4-2-3-5-23)34-28(33-26)32-21-10-8-20(29)9-11-21/h6-7,12-13,18,20-23H,2-5,8-11,14-17,29H2,1H3,(H2,31,32,33,34). The fraction of sp³-hybridized carbons (Fsp3) is 0.607. The Labute approximate surface area is 230 Å². The maximum Gasteiger partial charge on any atom is 0.243 e. The summed E-state index contributed by atoms with van der Waals surface area (Å²) < 4.78 is 30.2. The zero-order chi connectivity index (χ0) is 27.0. The molecule has 6 rings (SSSR count). The van der Waals surface area contributed by atoms with E-state index in [9.17, 15) is 8.42 Å². The normalized spacial score (nSPS) is 23.8. The fourth-order valence-electron chi connectivity index (χ4n) is 6.27. The second-order valence-electron chi connectivity index (χ2n) is 11.5. The lowest BCUT2D eigenvalue weighted by atomic mass is 9.92. The summed E-state index contributed by atoms with van der Waals surface area (Å²) in [7, 11) is -3.50. The molecule has 0 bridgehead atoms.